The number of nitrogen functional groups attached to an aromatic ring is 1. The van der Waals surface area contributed by atoms with Crippen LogP contribution in [0.3, 0.4) is 0 Å². The van der Waals surface area contributed by atoms with Gasteiger partial charge >= 0.3 is 0 Å². The van der Waals surface area contributed by atoms with E-state index in [1.807, 2.05) is 7.05 Å². The van der Waals surface area contributed by atoms with E-state index in [9.17, 15) is 8.78 Å². The number of halogens is 2. The van der Waals surface area contributed by atoms with Crippen molar-refractivity contribution in [1.29, 1.82) is 0 Å². The van der Waals surface area contributed by atoms with E-state index in [1.54, 1.807) is 6.07 Å². The summed E-state index contributed by atoms with van der Waals surface area (Å²) in [6.07, 6.45) is 1.03. The van der Waals surface area contributed by atoms with E-state index in [1.165, 1.54) is 12.1 Å². The van der Waals surface area contributed by atoms with Crippen molar-refractivity contribution >= 4 is 17.6 Å². The zero-order valence-electron chi connectivity index (χ0n) is 13.4. The monoisotopic (exact) mass is 334 g/mol. The summed E-state index contributed by atoms with van der Waals surface area (Å²) in [5, 5.41) is 6.29. The molecule has 8 heteroatoms. The molecule has 1 aliphatic heterocycles. The lowest BCUT2D eigenvalue weighted by molar-refractivity contribution is 0.580. The zero-order chi connectivity index (χ0) is 17.1. The summed E-state index contributed by atoms with van der Waals surface area (Å²) in [5.41, 5.74) is 6.28. The Hall–Kier alpha value is -2.48. The first-order valence-corrected chi connectivity index (χ1v) is 7.79. The molecular weight excluding hydrogens is 314 g/mol. The molecule has 2 heterocycles. The lowest BCUT2D eigenvalue weighted by atomic mass is 10.2. The number of hydrogen-bond acceptors (Lipinski definition) is 6. The van der Waals surface area contributed by atoms with Gasteiger partial charge in [0.25, 0.3) is 0 Å². The Bertz CT molecular complexity index is 703. The van der Waals surface area contributed by atoms with E-state index in [-0.39, 0.29) is 12.5 Å². The molecule has 0 amide bonds. The molecule has 6 nitrogen and oxygen atoms in total. The third-order valence-electron chi connectivity index (χ3n) is 4.05. The van der Waals surface area contributed by atoms with Crippen molar-refractivity contribution in [3.05, 3.63) is 41.5 Å². The van der Waals surface area contributed by atoms with Crippen molar-refractivity contribution in [2.45, 2.75) is 19.0 Å². The molecule has 0 bridgehead atoms. The predicted molar refractivity (Wildman–Crippen MR) is 89.8 cm³/mol. The van der Waals surface area contributed by atoms with E-state index in [4.69, 9.17) is 5.73 Å². The minimum absolute atomic E-state index is 0.160. The van der Waals surface area contributed by atoms with Gasteiger partial charge in [0.1, 0.15) is 23.3 Å². The molecule has 1 atom stereocenters. The van der Waals surface area contributed by atoms with Crippen LogP contribution in [0.4, 0.5) is 26.4 Å². The predicted octanol–water partition coefficient (Wildman–Crippen LogP) is 1.75. The smallest absolute Gasteiger partial charge is 0.223 e. The van der Waals surface area contributed by atoms with Crippen molar-refractivity contribution in [2.75, 3.05) is 36.1 Å². The molecule has 1 aromatic heterocycles. The maximum Gasteiger partial charge on any atom is 0.223 e. The van der Waals surface area contributed by atoms with E-state index in [2.05, 4.69) is 25.5 Å². The number of rotatable bonds is 5. The largest absolute Gasteiger partial charge is 0.368 e. The van der Waals surface area contributed by atoms with Gasteiger partial charge in [-0.1, -0.05) is 0 Å². The van der Waals surface area contributed by atoms with E-state index in [0.29, 0.717) is 17.4 Å². The van der Waals surface area contributed by atoms with Crippen LogP contribution in [0.25, 0.3) is 0 Å². The van der Waals surface area contributed by atoms with Crippen LogP contribution in [-0.4, -0.2) is 36.1 Å². The Morgan fingerprint density at radius 2 is 1.96 bits per heavy atom. The molecule has 1 fully saturated rings. The van der Waals surface area contributed by atoms with Crippen LogP contribution in [-0.2, 0) is 6.54 Å². The maximum absolute atomic E-state index is 13.2. The molecule has 0 spiro atoms. The lowest BCUT2D eigenvalue weighted by Gasteiger charge is -2.18. The van der Waals surface area contributed by atoms with Gasteiger partial charge in [-0.15, -0.1) is 0 Å². The second-order valence-corrected chi connectivity index (χ2v) is 5.82. The molecule has 1 saturated heterocycles. The van der Waals surface area contributed by atoms with Gasteiger partial charge in [0.05, 0.1) is 0 Å². The molecule has 0 aliphatic carbocycles. The fourth-order valence-corrected chi connectivity index (χ4v) is 2.81. The fourth-order valence-electron chi connectivity index (χ4n) is 2.81. The highest BCUT2D eigenvalue weighted by Crippen LogP contribution is 2.22. The molecule has 0 unspecified atom stereocenters. The van der Waals surface area contributed by atoms with Crippen molar-refractivity contribution in [1.82, 2.24) is 15.3 Å². The van der Waals surface area contributed by atoms with Crippen LogP contribution in [0.2, 0.25) is 0 Å². The molecule has 4 N–H and O–H groups in total. The van der Waals surface area contributed by atoms with Gasteiger partial charge < -0.3 is 21.3 Å². The first-order valence-electron chi connectivity index (χ1n) is 7.79. The van der Waals surface area contributed by atoms with Gasteiger partial charge in [0, 0.05) is 37.8 Å². The van der Waals surface area contributed by atoms with Crippen LogP contribution >= 0.6 is 0 Å². The highest BCUT2D eigenvalue weighted by Gasteiger charge is 2.22. The quantitative estimate of drug-likeness (QED) is 0.773. The van der Waals surface area contributed by atoms with Gasteiger partial charge in [0.15, 0.2) is 0 Å². The first kappa shape index (κ1) is 16.4. The molecule has 0 radical (unpaired) electrons. The SMILES string of the molecule is CN[C@@H]1CCN(c2cc(NCc3cc(F)cc(F)c3)nc(N)n2)C1. The summed E-state index contributed by atoms with van der Waals surface area (Å²) in [7, 11) is 1.94. The number of likely N-dealkylation sites (N-methyl/N-ethyl adjacent to an activating group) is 1. The molecule has 2 aromatic rings. The third kappa shape index (κ3) is 3.88. The molecule has 3 rings (SSSR count). The first-order chi connectivity index (χ1) is 11.5. The van der Waals surface area contributed by atoms with Crippen LogP contribution in [0.1, 0.15) is 12.0 Å². The normalized spacial score (nSPS) is 17.3. The van der Waals surface area contributed by atoms with E-state index >= 15 is 0 Å². The fraction of sp³-hybridized carbons (Fsp3) is 0.375. The van der Waals surface area contributed by atoms with Crippen molar-refractivity contribution in [3.63, 3.8) is 0 Å². The summed E-state index contributed by atoms with van der Waals surface area (Å²) in [6.45, 7) is 1.97. The number of nitrogens with zero attached hydrogens (tertiary/aromatic N) is 3. The number of nitrogens with one attached hydrogen (secondary N) is 2. The van der Waals surface area contributed by atoms with E-state index < -0.39 is 11.6 Å². The van der Waals surface area contributed by atoms with Crippen LogP contribution < -0.4 is 21.3 Å². The second kappa shape index (κ2) is 6.96. The van der Waals surface area contributed by atoms with E-state index in [0.717, 1.165) is 31.4 Å². The molecule has 1 aromatic carbocycles. The third-order valence-corrected chi connectivity index (χ3v) is 4.05. The van der Waals surface area contributed by atoms with Gasteiger partial charge in [-0.3, -0.25) is 0 Å². The number of benzene rings is 1. The van der Waals surface area contributed by atoms with Crippen molar-refractivity contribution < 1.29 is 8.78 Å². The topological polar surface area (TPSA) is 79.1 Å². The van der Waals surface area contributed by atoms with Crippen LogP contribution in [0.15, 0.2) is 24.3 Å². The van der Waals surface area contributed by atoms with Crippen LogP contribution in [0, 0.1) is 11.6 Å². The molecule has 0 saturated carbocycles. The summed E-state index contributed by atoms with van der Waals surface area (Å²) in [5.74, 6) is 0.214. The standard InChI is InChI=1S/C16H20F2N6/c1-20-13-2-3-24(9-13)15-7-14(22-16(19)23-15)21-8-10-4-11(17)6-12(18)5-10/h4-7,13,20H,2-3,8-9H2,1H3,(H3,19,21,22,23)/t13-/m1/s1. The Balaban J connectivity index is 1.72. The van der Waals surface area contributed by atoms with Gasteiger partial charge in [-0.2, -0.15) is 9.97 Å². The number of hydrogen-bond donors (Lipinski definition) is 3. The van der Waals surface area contributed by atoms with Gasteiger partial charge in [0.2, 0.25) is 5.95 Å². The Morgan fingerprint density at radius 3 is 2.62 bits per heavy atom. The highest BCUT2D eigenvalue weighted by molar-refractivity contribution is 5.53. The average Bonchev–Trinajstić information content (AvgIpc) is 3.01. The zero-order valence-corrected chi connectivity index (χ0v) is 13.4. The second-order valence-electron chi connectivity index (χ2n) is 5.82. The van der Waals surface area contributed by atoms with Crippen LogP contribution in [0.5, 0.6) is 0 Å². The Morgan fingerprint density at radius 1 is 1.21 bits per heavy atom. The minimum Gasteiger partial charge on any atom is -0.368 e. The molecule has 1 aliphatic rings. The summed E-state index contributed by atoms with van der Waals surface area (Å²) in [6, 6.07) is 5.62. The van der Waals surface area contributed by atoms with Crippen molar-refractivity contribution in [3.8, 4) is 0 Å². The number of nitrogens with two attached hydrogens (primary N) is 1. The lowest BCUT2D eigenvalue weighted by Crippen LogP contribution is -2.30. The molecule has 24 heavy (non-hydrogen) atoms. The summed E-state index contributed by atoms with van der Waals surface area (Å²) >= 11 is 0. The molecular formula is C16H20F2N6. The summed E-state index contributed by atoms with van der Waals surface area (Å²) < 4.78 is 26.5. The average molecular weight is 334 g/mol. The van der Waals surface area contributed by atoms with Crippen molar-refractivity contribution in [2.24, 2.45) is 0 Å². The number of aromatic nitrogens is 2. The Labute approximate surface area is 139 Å². The Kier molecular flexibility index (Phi) is 4.75. The summed E-state index contributed by atoms with van der Waals surface area (Å²) in [4.78, 5) is 10.5. The molecule has 128 valence electrons. The van der Waals surface area contributed by atoms with Gasteiger partial charge in [-0.25, -0.2) is 8.78 Å². The maximum atomic E-state index is 13.2. The number of anilines is 3. The minimum atomic E-state index is -0.607. The highest BCUT2D eigenvalue weighted by atomic mass is 19.1. The van der Waals surface area contributed by atoms with Gasteiger partial charge in [-0.05, 0) is 31.2 Å².